The van der Waals surface area contributed by atoms with Gasteiger partial charge in [0.2, 0.25) is 5.76 Å². The van der Waals surface area contributed by atoms with Crippen LogP contribution in [0.5, 0.6) is 5.75 Å². The van der Waals surface area contributed by atoms with Gasteiger partial charge in [-0.05, 0) is 61.2 Å². The number of hydrogen-bond acceptors (Lipinski definition) is 6. The molecule has 0 bridgehead atoms. The van der Waals surface area contributed by atoms with Gasteiger partial charge in [0.05, 0.1) is 36.8 Å². The van der Waals surface area contributed by atoms with Gasteiger partial charge in [-0.1, -0.05) is 19.1 Å². The van der Waals surface area contributed by atoms with Gasteiger partial charge in [-0.25, -0.2) is 0 Å². The van der Waals surface area contributed by atoms with E-state index in [0.717, 1.165) is 42.0 Å². The van der Waals surface area contributed by atoms with Gasteiger partial charge in [0.15, 0.2) is 5.43 Å². The molecule has 1 fully saturated rings. The number of morpholine rings is 1. The lowest BCUT2D eigenvalue weighted by atomic mass is 9.97. The molecular weight excluding hydrogens is 444 g/mol. The minimum Gasteiger partial charge on any atom is -0.494 e. The molecule has 0 aliphatic carbocycles. The van der Waals surface area contributed by atoms with Crippen molar-refractivity contribution in [2.75, 3.05) is 46.0 Å². The number of hydrogen-bond donors (Lipinski definition) is 0. The Bertz CT molecular complexity index is 1290. The summed E-state index contributed by atoms with van der Waals surface area (Å²) in [6.45, 7) is 10.9. The van der Waals surface area contributed by atoms with Crippen molar-refractivity contribution < 1.29 is 18.7 Å². The van der Waals surface area contributed by atoms with Crippen molar-refractivity contribution in [3.05, 3.63) is 74.6 Å². The largest absolute Gasteiger partial charge is 0.494 e. The Morgan fingerprint density at radius 3 is 2.43 bits per heavy atom. The van der Waals surface area contributed by atoms with E-state index in [-0.39, 0.29) is 17.1 Å². The van der Waals surface area contributed by atoms with Crippen molar-refractivity contribution in [1.29, 1.82) is 0 Å². The number of rotatable bonds is 7. The highest BCUT2D eigenvalue weighted by molar-refractivity contribution is 5.99. The maximum Gasteiger partial charge on any atom is 0.290 e. The molecule has 2 aromatic carbocycles. The molecule has 0 radical (unpaired) electrons. The Hall–Kier alpha value is -3.16. The van der Waals surface area contributed by atoms with E-state index in [2.05, 4.69) is 11.8 Å². The van der Waals surface area contributed by atoms with Crippen LogP contribution in [0.2, 0.25) is 0 Å². The molecule has 2 aliphatic heterocycles. The Kier molecular flexibility index (Phi) is 6.62. The number of carbonyl (C=O) groups excluding carboxylic acids is 1. The van der Waals surface area contributed by atoms with E-state index in [0.29, 0.717) is 49.4 Å². The summed E-state index contributed by atoms with van der Waals surface area (Å²) in [4.78, 5) is 31.5. The standard InChI is InChI=1S/C28H32N2O5/c1-4-13-34-21-7-5-20(6-8-21)25-24-26(31)22-16-18(2)19(3)17-23(22)35-27(24)28(32)30(25)10-9-29-11-14-33-15-12-29/h5-8,16-17,25H,4,9-15H2,1-3H3. The zero-order valence-corrected chi connectivity index (χ0v) is 20.6. The van der Waals surface area contributed by atoms with Gasteiger partial charge < -0.3 is 18.8 Å². The van der Waals surface area contributed by atoms with Crippen LogP contribution in [0.1, 0.15) is 52.2 Å². The van der Waals surface area contributed by atoms with Gasteiger partial charge in [0, 0.05) is 26.2 Å². The molecule has 3 heterocycles. The molecule has 1 unspecified atom stereocenters. The minimum absolute atomic E-state index is 0.136. The number of benzene rings is 2. The number of carbonyl (C=O) groups is 1. The van der Waals surface area contributed by atoms with E-state index >= 15 is 0 Å². The number of fused-ring (bicyclic) bond motifs is 2. The summed E-state index contributed by atoms with van der Waals surface area (Å²) in [5.41, 5.74) is 3.67. The van der Waals surface area contributed by atoms with Crippen molar-refractivity contribution in [2.45, 2.75) is 33.2 Å². The first kappa shape index (κ1) is 23.6. The predicted octanol–water partition coefficient (Wildman–Crippen LogP) is 4.08. The van der Waals surface area contributed by atoms with E-state index in [1.165, 1.54) is 0 Å². The highest BCUT2D eigenvalue weighted by atomic mass is 16.5. The fourth-order valence-electron chi connectivity index (χ4n) is 4.89. The van der Waals surface area contributed by atoms with Crippen LogP contribution in [-0.2, 0) is 4.74 Å². The number of nitrogens with zero attached hydrogens (tertiary/aromatic N) is 2. The van der Waals surface area contributed by atoms with Crippen molar-refractivity contribution in [2.24, 2.45) is 0 Å². The second kappa shape index (κ2) is 9.84. The van der Waals surface area contributed by atoms with Crippen LogP contribution >= 0.6 is 0 Å². The molecule has 7 heteroatoms. The SMILES string of the molecule is CCCOc1ccc(C2c3c(oc4cc(C)c(C)cc4c3=O)C(=O)N2CCN2CCOCC2)cc1. The zero-order chi connectivity index (χ0) is 24.5. The fraction of sp³-hybridized carbons (Fsp3) is 0.429. The lowest BCUT2D eigenvalue weighted by Crippen LogP contribution is -2.42. The minimum atomic E-state index is -0.499. The van der Waals surface area contributed by atoms with Crippen molar-refractivity contribution in [3.63, 3.8) is 0 Å². The maximum atomic E-state index is 13.8. The summed E-state index contributed by atoms with van der Waals surface area (Å²) >= 11 is 0. The lowest BCUT2D eigenvalue weighted by molar-refractivity contribution is 0.0314. The quantitative estimate of drug-likeness (QED) is 0.512. The lowest BCUT2D eigenvalue weighted by Gasteiger charge is -2.31. The monoisotopic (exact) mass is 476 g/mol. The number of amides is 1. The second-order valence-corrected chi connectivity index (χ2v) is 9.38. The summed E-state index contributed by atoms with van der Waals surface area (Å²) in [6.07, 6.45) is 0.925. The van der Waals surface area contributed by atoms with Gasteiger partial charge in [-0.2, -0.15) is 0 Å². The predicted molar refractivity (Wildman–Crippen MR) is 134 cm³/mol. The summed E-state index contributed by atoms with van der Waals surface area (Å²) in [5.74, 6) is 0.697. The van der Waals surface area contributed by atoms with Gasteiger partial charge in [0.1, 0.15) is 11.3 Å². The molecule has 0 spiro atoms. The summed E-state index contributed by atoms with van der Waals surface area (Å²) in [5, 5.41) is 0.516. The number of ether oxygens (including phenoxy) is 2. The smallest absolute Gasteiger partial charge is 0.290 e. The molecule has 184 valence electrons. The molecule has 35 heavy (non-hydrogen) atoms. The third-order valence-electron chi connectivity index (χ3n) is 7.01. The van der Waals surface area contributed by atoms with Gasteiger partial charge in [-0.15, -0.1) is 0 Å². The van der Waals surface area contributed by atoms with E-state index < -0.39 is 6.04 Å². The van der Waals surface area contributed by atoms with Crippen molar-refractivity contribution >= 4 is 16.9 Å². The summed E-state index contributed by atoms with van der Waals surface area (Å²) in [7, 11) is 0. The first-order chi connectivity index (χ1) is 17.0. The highest BCUT2D eigenvalue weighted by Gasteiger charge is 2.42. The number of aryl methyl sites for hydroxylation is 2. The molecule has 1 atom stereocenters. The Morgan fingerprint density at radius 1 is 1.00 bits per heavy atom. The molecule has 1 aromatic heterocycles. The van der Waals surface area contributed by atoms with Gasteiger partial charge >= 0.3 is 0 Å². The van der Waals surface area contributed by atoms with Crippen LogP contribution in [0.4, 0.5) is 0 Å². The maximum absolute atomic E-state index is 13.8. The molecular formula is C28H32N2O5. The van der Waals surface area contributed by atoms with Gasteiger partial charge in [-0.3, -0.25) is 14.5 Å². The van der Waals surface area contributed by atoms with Crippen molar-refractivity contribution in [1.82, 2.24) is 9.80 Å². The van der Waals surface area contributed by atoms with Crippen LogP contribution < -0.4 is 10.2 Å². The highest BCUT2D eigenvalue weighted by Crippen LogP contribution is 2.38. The normalized spacial score (nSPS) is 18.3. The first-order valence-corrected chi connectivity index (χ1v) is 12.4. The zero-order valence-electron chi connectivity index (χ0n) is 20.6. The molecule has 7 nitrogen and oxygen atoms in total. The van der Waals surface area contributed by atoms with Gasteiger partial charge in [0.25, 0.3) is 5.91 Å². The van der Waals surface area contributed by atoms with Crippen LogP contribution in [0.15, 0.2) is 45.6 Å². The molecule has 1 amide bonds. The van der Waals surface area contributed by atoms with Crippen LogP contribution in [-0.4, -0.2) is 61.7 Å². The summed E-state index contributed by atoms with van der Waals surface area (Å²) in [6, 6.07) is 10.9. The topological polar surface area (TPSA) is 72.2 Å². The third kappa shape index (κ3) is 4.46. The second-order valence-electron chi connectivity index (χ2n) is 9.38. The summed E-state index contributed by atoms with van der Waals surface area (Å²) < 4.78 is 17.3. The van der Waals surface area contributed by atoms with Crippen LogP contribution in [0.3, 0.4) is 0 Å². The molecule has 5 rings (SSSR count). The average Bonchev–Trinajstić information content (AvgIpc) is 3.15. The Balaban J connectivity index is 1.57. The van der Waals surface area contributed by atoms with E-state index in [9.17, 15) is 9.59 Å². The van der Waals surface area contributed by atoms with Crippen LogP contribution in [0.25, 0.3) is 11.0 Å². The van der Waals surface area contributed by atoms with Crippen LogP contribution in [0, 0.1) is 13.8 Å². The van der Waals surface area contributed by atoms with E-state index in [1.54, 1.807) is 4.90 Å². The Labute approximate surface area is 205 Å². The fourth-order valence-corrected chi connectivity index (χ4v) is 4.89. The molecule has 3 aromatic rings. The molecule has 2 aliphatic rings. The first-order valence-electron chi connectivity index (χ1n) is 12.4. The van der Waals surface area contributed by atoms with E-state index in [4.69, 9.17) is 13.9 Å². The van der Waals surface area contributed by atoms with E-state index in [1.807, 2.05) is 50.2 Å². The average molecular weight is 477 g/mol. The molecule has 0 N–H and O–H groups in total. The Morgan fingerprint density at radius 2 is 1.71 bits per heavy atom. The third-order valence-corrected chi connectivity index (χ3v) is 7.01. The molecule has 0 saturated carbocycles. The molecule has 1 saturated heterocycles. The van der Waals surface area contributed by atoms with Crippen molar-refractivity contribution in [3.8, 4) is 5.75 Å².